The van der Waals surface area contributed by atoms with Crippen molar-refractivity contribution >= 4 is 99.7 Å². The number of unbranched alkanes of at least 4 members (excludes halogenated alkanes) is 2. The summed E-state index contributed by atoms with van der Waals surface area (Å²) < 4.78 is 13.8. The molecule has 2 aliphatic rings. The van der Waals surface area contributed by atoms with Crippen LogP contribution in [0.4, 0.5) is 5.69 Å². The molecule has 0 aliphatic carbocycles. The largest absolute Gasteiger partial charge is 0.454 e. The van der Waals surface area contributed by atoms with E-state index in [4.69, 9.17) is 21.7 Å². The van der Waals surface area contributed by atoms with Crippen LogP contribution in [0.25, 0.3) is 6.08 Å². The molecule has 2 aliphatic heterocycles. The van der Waals surface area contributed by atoms with Crippen molar-refractivity contribution in [2.24, 2.45) is 0 Å². The molecule has 0 aromatic heterocycles. The van der Waals surface area contributed by atoms with Crippen molar-refractivity contribution < 1.29 is 19.1 Å². The van der Waals surface area contributed by atoms with Gasteiger partial charge in [-0.05, 0) is 80.6 Å². The Hall–Kier alpha value is -1.40. The summed E-state index contributed by atoms with van der Waals surface area (Å²) in [7, 11) is 0. The number of benzene rings is 2. The van der Waals surface area contributed by atoms with Crippen molar-refractivity contribution in [1.29, 1.82) is 0 Å². The van der Waals surface area contributed by atoms with E-state index in [9.17, 15) is 9.59 Å². The Morgan fingerprint density at radius 3 is 2.59 bits per heavy atom. The number of nitrogens with zero attached hydrogens (tertiary/aromatic N) is 1. The smallest absolute Gasteiger partial charge is 0.266 e. The zero-order valence-electron chi connectivity index (χ0n) is 17.7. The Kier molecular flexibility index (Phi) is 8.73. The van der Waals surface area contributed by atoms with Gasteiger partial charge in [0.15, 0.2) is 11.5 Å². The fourth-order valence-corrected chi connectivity index (χ4v) is 7.21. The number of amides is 2. The van der Waals surface area contributed by atoms with E-state index in [1.165, 1.54) is 11.8 Å². The van der Waals surface area contributed by atoms with Crippen LogP contribution in [0.3, 0.4) is 0 Å². The van der Waals surface area contributed by atoms with Gasteiger partial charge in [0.2, 0.25) is 12.7 Å². The molecule has 178 valence electrons. The average molecular weight is 691 g/mol. The molecule has 0 spiro atoms. The van der Waals surface area contributed by atoms with Crippen molar-refractivity contribution in [3.8, 4) is 11.5 Å². The van der Waals surface area contributed by atoms with E-state index in [1.54, 1.807) is 4.90 Å². The lowest BCUT2D eigenvalue weighted by molar-refractivity contribution is -0.122. The molecule has 4 rings (SSSR count). The second kappa shape index (κ2) is 11.6. The number of fused-ring (bicyclic) bond motifs is 1. The van der Waals surface area contributed by atoms with Gasteiger partial charge in [-0.1, -0.05) is 52.4 Å². The van der Waals surface area contributed by atoms with Gasteiger partial charge in [-0.3, -0.25) is 14.5 Å². The Morgan fingerprint density at radius 2 is 1.82 bits per heavy atom. The lowest BCUT2D eigenvalue weighted by Gasteiger charge is -2.14. The van der Waals surface area contributed by atoms with E-state index in [0.717, 1.165) is 38.2 Å². The average Bonchev–Trinajstić information content (AvgIpc) is 3.35. The predicted octanol–water partition coefficient (Wildman–Crippen LogP) is 7.10. The molecule has 2 aromatic carbocycles. The van der Waals surface area contributed by atoms with Gasteiger partial charge in [-0.25, -0.2) is 0 Å². The van der Waals surface area contributed by atoms with Gasteiger partial charge in [-0.15, -0.1) is 0 Å². The summed E-state index contributed by atoms with van der Waals surface area (Å²) >= 11 is 17.1. The molecule has 6 nitrogen and oxygen atoms in total. The predicted molar refractivity (Wildman–Crippen MR) is 149 cm³/mol. The molecule has 2 aromatic rings. The standard InChI is InChI=1S/C23H19Br3N2O4S2/c24-14-10-15(25)21(16(26)11-14)27-20(29)4-2-1-3-7-28-22(30)19(34-23(28)33)9-13-5-6-17-18(8-13)32-12-31-17/h5-6,8-11H,1-4,7,12H2,(H,27,29). The molecule has 0 saturated carbocycles. The maximum atomic E-state index is 12.8. The van der Waals surface area contributed by atoms with Gasteiger partial charge in [0, 0.05) is 26.4 Å². The van der Waals surface area contributed by atoms with E-state index in [2.05, 4.69) is 53.1 Å². The fraction of sp³-hybridized carbons (Fsp3) is 0.261. The molecule has 34 heavy (non-hydrogen) atoms. The zero-order valence-corrected chi connectivity index (χ0v) is 24.1. The highest BCUT2D eigenvalue weighted by Crippen LogP contribution is 2.37. The summed E-state index contributed by atoms with van der Waals surface area (Å²) in [5, 5.41) is 2.93. The Morgan fingerprint density at radius 1 is 1.09 bits per heavy atom. The third kappa shape index (κ3) is 6.23. The summed E-state index contributed by atoms with van der Waals surface area (Å²) in [5.41, 5.74) is 1.57. The third-order valence-corrected chi connectivity index (χ3v) is 8.21. The van der Waals surface area contributed by atoms with E-state index in [-0.39, 0.29) is 18.6 Å². The van der Waals surface area contributed by atoms with Gasteiger partial charge in [0.05, 0.1) is 10.6 Å². The number of thiocarbonyl (C=S) groups is 1. The van der Waals surface area contributed by atoms with E-state index in [0.29, 0.717) is 39.4 Å². The van der Waals surface area contributed by atoms with Gasteiger partial charge in [0.25, 0.3) is 5.91 Å². The van der Waals surface area contributed by atoms with Gasteiger partial charge in [-0.2, -0.15) is 0 Å². The monoisotopic (exact) mass is 688 g/mol. The quantitative estimate of drug-likeness (QED) is 0.181. The molecule has 1 N–H and O–H groups in total. The second-order valence-electron chi connectivity index (χ2n) is 7.55. The minimum atomic E-state index is -0.0876. The van der Waals surface area contributed by atoms with Crippen molar-refractivity contribution in [1.82, 2.24) is 4.90 Å². The van der Waals surface area contributed by atoms with Crippen LogP contribution in [0.5, 0.6) is 11.5 Å². The van der Waals surface area contributed by atoms with Crippen molar-refractivity contribution in [2.45, 2.75) is 25.7 Å². The number of rotatable bonds is 8. The highest BCUT2D eigenvalue weighted by molar-refractivity contribution is 9.11. The van der Waals surface area contributed by atoms with E-state index >= 15 is 0 Å². The SMILES string of the molecule is O=C(CCCCCN1C(=O)C(=Cc2ccc3c(c2)OCO3)SC1=S)Nc1c(Br)cc(Br)cc1Br. The molecular formula is C23H19Br3N2O4S2. The lowest BCUT2D eigenvalue weighted by Crippen LogP contribution is -2.29. The summed E-state index contributed by atoms with van der Waals surface area (Å²) in [6.45, 7) is 0.746. The number of hydrogen-bond acceptors (Lipinski definition) is 6. The first kappa shape index (κ1) is 25.7. The third-order valence-electron chi connectivity index (χ3n) is 5.12. The molecular weight excluding hydrogens is 672 g/mol. The van der Waals surface area contributed by atoms with Gasteiger partial charge < -0.3 is 14.8 Å². The zero-order chi connectivity index (χ0) is 24.2. The summed E-state index contributed by atoms with van der Waals surface area (Å²) in [6, 6.07) is 9.33. The number of hydrogen-bond donors (Lipinski definition) is 1. The van der Waals surface area contributed by atoms with Crippen LogP contribution >= 0.6 is 71.8 Å². The van der Waals surface area contributed by atoms with Crippen LogP contribution in [0.2, 0.25) is 0 Å². The maximum absolute atomic E-state index is 12.8. The highest BCUT2D eigenvalue weighted by Gasteiger charge is 2.31. The van der Waals surface area contributed by atoms with Crippen LogP contribution < -0.4 is 14.8 Å². The maximum Gasteiger partial charge on any atom is 0.266 e. The summed E-state index contributed by atoms with van der Waals surface area (Å²) in [6.07, 6.45) is 4.53. The minimum Gasteiger partial charge on any atom is -0.454 e. The highest BCUT2D eigenvalue weighted by atomic mass is 79.9. The van der Waals surface area contributed by atoms with Crippen LogP contribution in [-0.2, 0) is 9.59 Å². The van der Waals surface area contributed by atoms with E-state index < -0.39 is 0 Å². The first-order chi connectivity index (χ1) is 16.3. The Balaban J connectivity index is 1.23. The molecule has 11 heteroatoms. The number of halogens is 3. The summed E-state index contributed by atoms with van der Waals surface area (Å²) in [4.78, 5) is 27.4. The number of carbonyl (C=O) groups excluding carboxylic acids is 2. The van der Waals surface area contributed by atoms with Crippen molar-refractivity contribution in [2.75, 3.05) is 18.7 Å². The van der Waals surface area contributed by atoms with Gasteiger partial charge >= 0.3 is 0 Å². The minimum absolute atomic E-state index is 0.0546. The molecule has 1 saturated heterocycles. The molecule has 0 atom stereocenters. The molecule has 2 amide bonds. The van der Waals surface area contributed by atoms with Crippen LogP contribution in [-0.4, -0.2) is 34.4 Å². The number of ether oxygens (including phenoxy) is 2. The number of anilines is 1. The first-order valence-electron chi connectivity index (χ1n) is 10.4. The summed E-state index contributed by atoms with van der Waals surface area (Å²) in [5.74, 6) is 1.24. The van der Waals surface area contributed by atoms with Crippen LogP contribution in [0.15, 0.2) is 48.7 Å². The topological polar surface area (TPSA) is 67.9 Å². The molecule has 0 radical (unpaired) electrons. The first-order valence-corrected chi connectivity index (χ1v) is 14.0. The number of carbonyl (C=O) groups is 2. The van der Waals surface area contributed by atoms with Crippen molar-refractivity contribution in [3.05, 3.63) is 54.2 Å². The molecule has 0 unspecified atom stereocenters. The molecule has 1 fully saturated rings. The van der Waals surface area contributed by atoms with Crippen LogP contribution in [0.1, 0.15) is 31.2 Å². The molecule has 0 bridgehead atoms. The Bertz CT molecular complexity index is 1170. The van der Waals surface area contributed by atoms with Gasteiger partial charge in [0.1, 0.15) is 4.32 Å². The number of thioether (sulfide) groups is 1. The fourth-order valence-electron chi connectivity index (χ4n) is 3.44. The normalized spacial score (nSPS) is 16.0. The number of nitrogens with one attached hydrogen (secondary N) is 1. The Labute approximate surface area is 232 Å². The lowest BCUT2D eigenvalue weighted by atomic mass is 10.1. The van der Waals surface area contributed by atoms with Crippen LogP contribution in [0, 0.1) is 0 Å². The molecule has 2 heterocycles. The van der Waals surface area contributed by atoms with Crippen molar-refractivity contribution in [3.63, 3.8) is 0 Å². The van der Waals surface area contributed by atoms with E-state index in [1.807, 2.05) is 36.4 Å². The second-order valence-corrected chi connectivity index (χ2v) is 11.8.